The molecule has 0 aliphatic heterocycles. The van der Waals surface area contributed by atoms with Crippen LogP contribution in [0, 0.1) is 0 Å². The molecule has 2 amide bonds. The molecule has 2 N–H and O–H groups in total. The normalized spacial score (nSPS) is 14.0. The zero-order valence-corrected chi connectivity index (χ0v) is 16.4. The lowest BCUT2D eigenvalue weighted by atomic mass is 10.1. The van der Waals surface area contributed by atoms with Crippen molar-refractivity contribution in [3.8, 4) is 0 Å². The van der Waals surface area contributed by atoms with E-state index in [-0.39, 0.29) is 12.7 Å². The molecular weight excluding hydrogens is 352 g/mol. The number of hydrogen-bond donors (Lipinski definition) is 2. The van der Waals surface area contributed by atoms with Crippen LogP contribution in [0.3, 0.4) is 0 Å². The van der Waals surface area contributed by atoms with E-state index in [1.165, 1.54) is 14.0 Å². The number of benzene rings is 1. The summed E-state index contributed by atoms with van der Waals surface area (Å²) < 4.78 is 15.4. The topological polar surface area (TPSA) is 103 Å². The Morgan fingerprint density at radius 2 is 1.63 bits per heavy atom. The summed E-state index contributed by atoms with van der Waals surface area (Å²) in [4.78, 5) is 36.2. The molecule has 0 saturated heterocycles. The van der Waals surface area contributed by atoms with Gasteiger partial charge in [0.15, 0.2) is 0 Å². The van der Waals surface area contributed by atoms with Gasteiger partial charge in [-0.05, 0) is 33.3 Å². The van der Waals surface area contributed by atoms with Gasteiger partial charge in [-0.2, -0.15) is 0 Å². The Bertz CT molecular complexity index is 620. The van der Waals surface area contributed by atoms with Gasteiger partial charge < -0.3 is 24.8 Å². The van der Waals surface area contributed by atoms with Crippen molar-refractivity contribution in [3.63, 3.8) is 0 Å². The molecule has 0 bridgehead atoms. The van der Waals surface area contributed by atoms with Gasteiger partial charge in [-0.25, -0.2) is 9.59 Å². The zero-order chi connectivity index (χ0) is 20.4. The lowest BCUT2D eigenvalue weighted by Gasteiger charge is -2.26. The van der Waals surface area contributed by atoms with Crippen molar-refractivity contribution in [3.05, 3.63) is 35.9 Å². The van der Waals surface area contributed by atoms with Gasteiger partial charge in [-0.1, -0.05) is 30.3 Å². The van der Waals surface area contributed by atoms with Crippen molar-refractivity contribution >= 4 is 18.0 Å². The van der Waals surface area contributed by atoms with Gasteiger partial charge in [-0.15, -0.1) is 0 Å². The summed E-state index contributed by atoms with van der Waals surface area (Å²) >= 11 is 0. The van der Waals surface area contributed by atoms with Crippen LogP contribution in [0.4, 0.5) is 4.79 Å². The third-order valence-electron chi connectivity index (χ3n) is 3.64. The number of hydrogen-bond acceptors (Lipinski definition) is 6. The van der Waals surface area contributed by atoms with Gasteiger partial charge in [0.1, 0.15) is 18.7 Å². The molecule has 0 radical (unpaired) electrons. The molecule has 3 atom stereocenters. The molecule has 27 heavy (non-hydrogen) atoms. The van der Waals surface area contributed by atoms with Crippen LogP contribution in [0.2, 0.25) is 0 Å². The van der Waals surface area contributed by atoms with Gasteiger partial charge in [-0.3, -0.25) is 4.79 Å². The molecule has 8 heteroatoms. The summed E-state index contributed by atoms with van der Waals surface area (Å²) in [5.74, 6) is -1.16. The van der Waals surface area contributed by atoms with Crippen molar-refractivity contribution in [2.75, 3.05) is 7.11 Å². The first-order chi connectivity index (χ1) is 12.7. The van der Waals surface area contributed by atoms with E-state index < -0.39 is 36.2 Å². The van der Waals surface area contributed by atoms with Crippen molar-refractivity contribution < 1.29 is 28.6 Å². The van der Waals surface area contributed by atoms with E-state index in [0.29, 0.717) is 0 Å². The summed E-state index contributed by atoms with van der Waals surface area (Å²) in [6.07, 6.45) is -1.56. The highest BCUT2D eigenvalue weighted by Gasteiger charge is 2.31. The number of ether oxygens (including phenoxy) is 3. The highest BCUT2D eigenvalue weighted by atomic mass is 16.6. The number of alkyl carbamates (subject to hydrolysis) is 1. The molecule has 0 aromatic heterocycles. The van der Waals surface area contributed by atoms with Crippen LogP contribution in [0.1, 0.15) is 33.3 Å². The molecule has 1 aromatic rings. The molecule has 0 saturated carbocycles. The Kier molecular flexibility index (Phi) is 9.29. The number of nitrogens with one attached hydrogen (secondary N) is 2. The number of amides is 2. The predicted molar refractivity (Wildman–Crippen MR) is 98.9 cm³/mol. The van der Waals surface area contributed by atoms with Gasteiger partial charge in [0.25, 0.3) is 0 Å². The lowest BCUT2D eigenvalue weighted by Crippen LogP contribution is -2.56. The molecule has 0 aliphatic rings. The monoisotopic (exact) mass is 380 g/mol. The second kappa shape index (κ2) is 11.2. The lowest BCUT2D eigenvalue weighted by molar-refractivity contribution is -0.145. The number of carbonyl (C=O) groups excluding carboxylic acids is 3. The molecule has 8 nitrogen and oxygen atoms in total. The fourth-order valence-electron chi connectivity index (χ4n) is 2.33. The standard InChI is InChI=1S/C19H28N2O6/c1-12(2)27-14(4)16(17(22)20-13(3)18(23)25-5)21-19(24)26-11-15-9-7-6-8-10-15/h6-10,12-14,16H,11H2,1-5H3,(H,20,22)(H,21,24)/t13-,14+,16-/m0/s1. The first kappa shape index (κ1) is 22.4. The molecule has 0 fully saturated rings. The smallest absolute Gasteiger partial charge is 0.408 e. The molecule has 1 aromatic carbocycles. The minimum Gasteiger partial charge on any atom is -0.467 e. The maximum Gasteiger partial charge on any atom is 0.408 e. The van der Waals surface area contributed by atoms with Crippen LogP contribution in [-0.4, -0.2) is 49.4 Å². The van der Waals surface area contributed by atoms with E-state index in [1.54, 1.807) is 6.92 Å². The number of methoxy groups -OCH3 is 1. The third kappa shape index (κ3) is 8.08. The van der Waals surface area contributed by atoms with Crippen LogP contribution >= 0.6 is 0 Å². The average Bonchev–Trinajstić information content (AvgIpc) is 2.63. The fraction of sp³-hybridized carbons (Fsp3) is 0.526. The quantitative estimate of drug-likeness (QED) is 0.633. The summed E-state index contributed by atoms with van der Waals surface area (Å²) in [6.45, 7) is 6.85. The van der Waals surface area contributed by atoms with E-state index >= 15 is 0 Å². The third-order valence-corrected chi connectivity index (χ3v) is 3.64. The molecule has 0 heterocycles. The Morgan fingerprint density at radius 1 is 1.00 bits per heavy atom. The van der Waals surface area contributed by atoms with Crippen molar-refractivity contribution in [1.82, 2.24) is 10.6 Å². The number of carbonyl (C=O) groups is 3. The molecule has 150 valence electrons. The highest BCUT2D eigenvalue weighted by molar-refractivity contribution is 5.89. The minimum absolute atomic E-state index is 0.0684. The number of esters is 1. The SMILES string of the molecule is COC(=O)[C@H](C)NC(=O)[C@@H](NC(=O)OCc1ccccc1)[C@@H](C)OC(C)C. The predicted octanol–water partition coefficient (Wildman–Crippen LogP) is 1.77. The van der Waals surface area contributed by atoms with Crippen LogP contribution in [0.15, 0.2) is 30.3 Å². The Labute approximate surface area is 159 Å². The first-order valence-corrected chi connectivity index (χ1v) is 8.75. The molecule has 1 rings (SSSR count). The van der Waals surface area contributed by atoms with Crippen molar-refractivity contribution in [2.24, 2.45) is 0 Å². The summed E-state index contributed by atoms with van der Waals surface area (Å²) in [5.41, 5.74) is 0.819. The van der Waals surface area contributed by atoms with Crippen LogP contribution in [0.5, 0.6) is 0 Å². The van der Waals surface area contributed by atoms with Gasteiger partial charge in [0, 0.05) is 0 Å². The Hall–Kier alpha value is -2.61. The maximum atomic E-state index is 12.5. The minimum atomic E-state index is -1.04. The van der Waals surface area contributed by atoms with Crippen molar-refractivity contribution in [2.45, 2.75) is 58.6 Å². The second-order valence-electron chi connectivity index (χ2n) is 6.33. The summed E-state index contributed by atoms with van der Waals surface area (Å²) in [6, 6.07) is 7.26. The van der Waals surface area contributed by atoms with E-state index in [4.69, 9.17) is 9.47 Å². The second-order valence-corrected chi connectivity index (χ2v) is 6.33. The van der Waals surface area contributed by atoms with Gasteiger partial charge >= 0.3 is 12.1 Å². The van der Waals surface area contributed by atoms with E-state index in [9.17, 15) is 14.4 Å². The maximum absolute atomic E-state index is 12.5. The van der Waals surface area contributed by atoms with Gasteiger partial charge in [0.2, 0.25) is 5.91 Å². The van der Waals surface area contributed by atoms with Crippen LogP contribution in [0.25, 0.3) is 0 Å². The Morgan fingerprint density at radius 3 is 2.19 bits per heavy atom. The van der Waals surface area contributed by atoms with E-state index in [0.717, 1.165) is 5.56 Å². The molecule has 0 spiro atoms. The van der Waals surface area contributed by atoms with Gasteiger partial charge in [0.05, 0.1) is 19.3 Å². The van der Waals surface area contributed by atoms with Crippen LogP contribution < -0.4 is 10.6 Å². The van der Waals surface area contributed by atoms with E-state index in [1.807, 2.05) is 44.2 Å². The molecule has 0 aliphatic carbocycles. The van der Waals surface area contributed by atoms with Crippen LogP contribution in [-0.2, 0) is 30.4 Å². The first-order valence-electron chi connectivity index (χ1n) is 8.75. The molecule has 0 unspecified atom stereocenters. The summed E-state index contributed by atoms with van der Waals surface area (Å²) in [7, 11) is 1.23. The molecular formula is C19H28N2O6. The number of rotatable bonds is 9. The fourth-order valence-corrected chi connectivity index (χ4v) is 2.33. The Balaban J connectivity index is 2.73. The van der Waals surface area contributed by atoms with Crippen molar-refractivity contribution in [1.29, 1.82) is 0 Å². The van der Waals surface area contributed by atoms with E-state index in [2.05, 4.69) is 15.4 Å². The summed E-state index contributed by atoms with van der Waals surface area (Å²) in [5, 5.41) is 5.00. The zero-order valence-electron chi connectivity index (χ0n) is 16.4. The highest BCUT2D eigenvalue weighted by Crippen LogP contribution is 2.06. The largest absolute Gasteiger partial charge is 0.467 e. The average molecular weight is 380 g/mol.